The Bertz CT molecular complexity index is 382. The fraction of sp³-hybridized carbons (Fsp3) is 0.500. The molecule has 0 heterocycles. The van der Waals surface area contributed by atoms with E-state index >= 15 is 0 Å². The summed E-state index contributed by atoms with van der Waals surface area (Å²) in [5, 5.41) is 3.56. The Hall–Kier alpha value is -1.08. The van der Waals surface area contributed by atoms with Gasteiger partial charge in [-0.1, -0.05) is 42.5 Å². The third-order valence-corrected chi connectivity index (χ3v) is 4.28. The van der Waals surface area contributed by atoms with Gasteiger partial charge in [0.1, 0.15) is 0 Å². The number of hydrogen-bond donors (Lipinski definition) is 1. The molecule has 1 heteroatoms. The Labute approximate surface area is 104 Å². The van der Waals surface area contributed by atoms with Crippen molar-refractivity contribution < 1.29 is 0 Å². The van der Waals surface area contributed by atoms with E-state index in [2.05, 4.69) is 47.8 Å². The molecule has 1 aromatic rings. The molecule has 90 valence electrons. The Balaban J connectivity index is 1.37. The molecule has 2 bridgehead atoms. The Morgan fingerprint density at radius 3 is 2.65 bits per heavy atom. The monoisotopic (exact) mass is 227 g/mol. The summed E-state index contributed by atoms with van der Waals surface area (Å²) in [6.45, 7) is 2.17. The van der Waals surface area contributed by atoms with Gasteiger partial charge in [-0.15, -0.1) is 0 Å². The summed E-state index contributed by atoms with van der Waals surface area (Å²) in [6, 6.07) is 10.7. The molecule has 2 aliphatic rings. The second kappa shape index (κ2) is 5.05. The minimum Gasteiger partial charge on any atom is -0.313 e. The molecule has 0 aromatic heterocycles. The zero-order chi connectivity index (χ0) is 11.5. The maximum atomic E-state index is 3.56. The maximum Gasteiger partial charge on any atom is 0.0205 e. The lowest BCUT2D eigenvalue weighted by molar-refractivity contribution is 0.403. The molecule has 0 aliphatic heterocycles. The predicted molar refractivity (Wildman–Crippen MR) is 71.6 cm³/mol. The van der Waals surface area contributed by atoms with Crippen LogP contribution in [0.5, 0.6) is 0 Å². The van der Waals surface area contributed by atoms with E-state index in [9.17, 15) is 0 Å². The standard InChI is InChI=1S/C16H21N/c1-2-4-13(5-3-1)12-17-9-8-16-11-14-6-7-15(16)10-14/h1-7,14-17H,8-12H2/t14-,15-,16-/m0/s1. The number of nitrogens with one attached hydrogen (secondary N) is 1. The van der Waals surface area contributed by atoms with Gasteiger partial charge in [0.25, 0.3) is 0 Å². The largest absolute Gasteiger partial charge is 0.313 e. The van der Waals surface area contributed by atoms with Gasteiger partial charge in [-0.25, -0.2) is 0 Å². The molecule has 0 radical (unpaired) electrons. The van der Waals surface area contributed by atoms with Gasteiger partial charge in [-0.3, -0.25) is 0 Å². The quantitative estimate of drug-likeness (QED) is 0.600. The first-order valence-electron chi connectivity index (χ1n) is 6.85. The minimum absolute atomic E-state index is 0.901. The molecule has 3 atom stereocenters. The van der Waals surface area contributed by atoms with Gasteiger partial charge in [0, 0.05) is 6.54 Å². The molecule has 1 nitrogen and oxygen atoms in total. The molecular weight excluding hydrogens is 206 g/mol. The van der Waals surface area contributed by atoms with Gasteiger partial charge in [0.2, 0.25) is 0 Å². The van der Waals surface area contributed by atoms with Crippen LogP contribution in [0.2, 0.25) is 0 Å². The second-order valence-corrected chi connectivity index (χ2v) is 5.49. The van der Waals surface area contributed by atoms with Crippen molar-refractivity contribution in [2.24, 2.45) is 17.8 Å². The van der Waals surface area contributed by atoms with E-state index in [1.54, 1.807) is 0 Å². The van der Waals surface area contributed by atoms with E-state index in [1.165, 1.54) is 24.8 Å². The smallest absolute Gasteiger partial charge is 0.0205 e. The van der Waals surface area contributed by atoms with Crippen LogP contribution in [-0.4, -0.2) is 6.54 Å². The van der Waals surface area contributed by atoms with Crippen molar-refractivity contribution in [1.82, 2.24) is 5.32 Å². The molecule has 0 unspecified atom stereocenters. The van der Waals surface area contributed by atoms with E-state index in [-0.39, 0.29) is 0 Å². The lowest BCUT2D eigenvalue weighted by Gasteiger charge is -2.18. The lowest BCUT2D eigenvalue weighted by atomic mass is 9.91. The average molecular weight is 227 g/mol. The van der Waals surface area contributed by atoms with Crippen LogP contribution in [0.25, 0.3) is 0 Å². The van der Waals surface area contributed by atoms with Gasteiger partial charge in [0.05, 0.1) is 0 Å². The highest BCUT2D eigenvalue weighted by atomic mass is 14.8. The molecule has 3 rings (SSSR count). The highest BCUT2D eigenvalue weighted by molar-refractivity contribution is 5.14. The van der Waals surface area contributed by atoms with Gasteiger partial charge >= 0.3 is 0 Å². The van der Waals surface area contributed by atoms with Gasteiger partial charge in [-0.2, -0.15) is 0 Å². The van der Waals surface area contributed by atoms with Crippen LogP contribution in [0.1, 0.15) is 24.8 Å². The van der Waals surface area contributed by atoms with Crippen LogP contribution in [0.15, 0.2) is 42.5 Å². The van der Waals surface area contributed by atoms with Crippen molar-refractivity contribution in [3.63, 3.8) is 0 Å². The average Bonchev–Trinajstić information content (AvgIpc) is 2.98. The molecule has 0 saturated heterocycles. The molecular formula is C16H21N. The predicted octanol–water partition coefficient (Wildman–Crippen LogP) is 3.38. The van der Waals surface area contributed by atoms with Gasteiger partial charge < -0.3 is 5.32 Å². The van der Waals surface area contributed by atoms with Crippen LogP contribution in [-0.2, 0) is 6.54 Å². The first-order chi connectivity index (χ1) is 8.42. The van der Waals surface area contributed by atoms with Crippen LogP contribution >= 0.6 is 0 Å². The van der Waals surface area contributed by atoms with Gasteiger partial charge in [0.15, 0.2) is 0 Å². The van der Waals surface area contributed by atoms with Gasteiger partial charge in [-0.05, 0) is 49.1 Å². The van der Waals surface area contributed by atoms with Crippen LogP contribution in [0.3, 0.4) is 0 Å². The minimum atomic E-state index is 0.901. The van der Waals surface area contributed by atoms with Crippen LogP contribution in [0, 0.1) is 17.8 Å². The first kappa shape index (κ1) is 11.0. The zero-order valence-electron chi connectivity index (χ0n) is 10.3. The molecule has 1 fully saturated rings. The van der Waals surface area contributed by atoms with Crippen molar-refractivity contribution >= 4 is 0 Å². The molecule has 1 N–H and O–H groups in total. The Kier molecular flexibility index (Phi) is 3.28. The first-order valence-corrected chi connectivity index (χ1v) is 6.85. The van der Waals surface area contributed by atoms with Crippen molar-refractivity contribution in [1.29, 1.82) is 0 Å². The molecule has 2 aliphatic carbocycles. The number of rotatable bonds is 5. The number of hydrogen-bond acceptors (Lipinski definition) is 1. The Morgan fingerprint density at radius 2 is 1.94 bits per heavy atom. The topological polar surface area (TPSA) is 12.0 Å². The molecule has 1 saturated carbocycles. The molecule has 1 aromatic carbocycles. The van der Waals surface area contributed by atoms with Crippen molar-refractivity contribution in [2.75, 3.05) is 6.54 Å². The Morgan fingerprint density at radius 1 is 1.06 bits per heavy atom. The van der Waals surface area contributed by atoms with Crippen molar-refractivity contribution in [3.05, 3.63) is 48.0 Å². The van der Waals surface area contributed by atoms with Crippen molar-refractivity contribution in [3.8, 4) is 0 Å². The number of benzene rings is 1. The summed E-state index contributed by atoms with van der Waals surface area (Å²) in [5.74, 6) is 2.77. The highest BCUT2D eigenvalue weighted by Gasteiger charge is 2.34. The highest BCUT2D eigenvalue weighted by Crippen LogP contribution is 2.44. The van der Waals surface area contributed by atoms with E-state index in [0.29, 0.717) is 0 Å². The van der Waals surface area contributed by atoms with E-state index in [0.717, 1.165) is 30.8 Å². The number of allylic oxidation sites excluding steroid dienone is 2. The maximum absolute atomic E-state index is 3.56. The molecule has 0 spiro atoms. The summed E-state index contributed by atoms with van der Waals surface area (Å²) in [4.78, 5) is 0. The third-order valence-electron chi connectivity index (χ3n) is 4.28. The second-order valence-electron chi connectivity index (χ2n) is 5.49. The van der Waals surface area contributed by atoms with Crippen molar-refractivity contribution in [2.45, 2.75) is 25.8 Å². The molecule has 0 amide bonds. The summed E-state index contributed by atoms with van der Waals surface area (Å²) in [6.07, 6.45) is 9.10. The number of fused-ring (bicyclic) bond motifs is 2. The van der Waals surface area contributed by atoms with Crippen LogP contribution in [0.4, 0.5) is 0 Å². The summed E-state index contributed by atoms with van der Waals surface area (Å²) in [7, 11) is 0. The molecule has 17 heavy (non-hydrogen) atoms. The fourth-order valence-electron chi connectivity index (χ4n) is 3.34. The van der Waals surface area contributed by atoms with Crippen LogP contribution < -0.4 is 5.32 Å². The third kappa shape index (κ3) is 2.61. The summed E-state index contributed by atoms with van der Waals surface area (Å²) in [5.41, 5.74) is 1.39. The lowest BCUT2D eigenvalue weighted by Crippen LogP contribution is -2.19. The fourth-order valence-corrected chi connectivity index (χ4v) is 3.34. The van der Waals surface area contributed by atoms with E-state index in [4.69, 9.17) is 0 Å². The SMILES string of the molecule is C1=C[C@H]2C[C@H]1C[C@@H]2CCNCc1ccccc1. The van der Waals surface area contributed by atoms with E-state index < -0.39 is 0 Å². The summed E-state index contributed by atoms with van der Waals surface area (Å²) >= 11 is 0. The van der Waals surface area contributed by atoms with E-state index in [1.807, 2.05) is 0 Å². The zero-order valence-corrected chi connectivity index (χ0v) is 10.3. The summed E-state index contributed by atoms with van der Waals surface area (Å²) < 4.78 is 0. The normalized spacial score (nSPS) is 30.0.